The van der Waals surface area contributed by atoms with Crippen molar-refractivity contribution in [3.8, 4) is 0 Å². The minimum absolute atomic E-state index is 0. The van der Waals surface area contributed by atoms with E-state index in [2.05, 4.69) is 46.2 Å². The van der Waals surface area contributed by atoms with E-state index in [1.165, 1.54) is 29.7 Å². The van der Waals surface area contributed by atoms with Gasteiger partial charge in [0.05, 0.1) is 6.10 Å². The highest BCUT2D eigenvalue weighted by Gasteiger charge is 2.31. The van der Waals surface area contributed by atoms with Gasteiger partial charge in [-0.05, 0) is 36.5 Å². The standard InChI is InChI=1S/C21H26N2O.ClH/c24-20(14-17-6-2-1-3-7-17)16-22-12-13-23-19(15-22)11-10-18-8-4-5-9-21(18)23;/h1-9,19-20,24H,10-16H2;1H. The summed E-state index contributed by atoms with van der Waals surface area (Å²) in [4.78, 5) is 5.03. The third-order valence-corrected chi connectivity index (χ3v) is 5.40. The highest BCUT2D eigenvalue weighted by molar-refractivity contribution is 5.85. The van der Waals surface area contributed by atoms with E-state index < -0.39 is 0 Å². The Kier molecular flexibility index (Phi) is 6.00. The molecule has 2 aromatic rings. The number of piperazine rings is 1. The van der Waals surface area contributed by atoms with E-state index in [0.29, 0.717) is 6.04 Å². The molecule has 0 aromatic heterocycles. The van der Waals surface area contributed by atoms with E-state index in [0.717, 1.165) is 32.6 Å². The number of nitrogens with zero attached hydrogens (tertiary/aromatic N) is 2. The lowest BCUT2D eigenvalue weighted by atomic mass is 9.93. The number of anilines is 1. The molecule has 2 atom stereocenters. The average molecular weight is 359 g/mol. The number of β-amino-alcohol motifs (C(OH)–C–C–N with tert-alkyl or cyclic N) is 1. The largest absolute Gasteiger partial charge is 0.391 e. The third kappa shape index (κ3) is 4.17. The molecule has 0 bridgehead atoms. The molecule has 2 aromatic carbocycles. The fourth-order valence-electron chi connectivity index (χ4n) is 4.22. The first-order valence-corrected chi connectivity index (χ1v) is 9.08. The van der Waals surface area contributed by atoms with Crippen molar-refractivity contribution in [1.82, 2.24) is 4.90 Å². The van der Waals surface area contributed by atoms with Crippen LogP contribution >= 0.6 is 12.4 Å². The Morgan fingerprint density at radius 3 is 2.60 bits per heavy atom. The van der Waals surface area contributed by atoms with Gasteiger partial charge in [0, 0.05) is 37.9 Å². The Bertz CT molecular complexity index is 679. The molecule has 2 aliphatic rings. The molecule has 0 spiro atoms. The number of halogens is 1. The number of aliphatic hydroxyl groups is 1. The second-order valence-corrected chi connectivity index (χ2v) is 7.12. The van der Waals surface area contributed by atoms with Gasteiger partial charge in [-0.1, -0.05) is 48.5 Å². The molecule has 4 heteroatoms. The molecule has 2 heterocycles. The zero-order chi connectivity index (χ0) is 16.4. The molecule has 25 heavy (non-hydrogen) atoms. The van der Waals surface area contributed by atoms with Crippen LogP contribution in [0.2, 0.25) is 0 Å². The normalized spacial score (nSPS) is 21.0. The van der Waals surface area contributed by atoms with Gasteiger partial charge in [-0.2, -0.15) is 0 Å². The monoisotopic (exact) mass is 358 g/mol. The van der Waals surface area contributed by atoms with Gasteiger partial charge >= 0.3 is 0 Å². The molecule has 1 saturated heterocycles. The van der Waals surface area contributed by atoms with Crippen LogP contribution < -0.4 is 4.90 Å². The van der Waals surface area contributed by atoms with E-state index >= 15 is 0 Å². The van der Waals surface area contributed by atoms with Crippen LogP contribution in [0.15, 0.2) is 54.6 Å². The van der Waals surface area contributed by atoms with Gasteiger partial charge in [-0.25, -0.2) is 0 Å². The number of aliphatic hydroxyl groups excluding tert-OH is 1. The second-order valence-electron chi connectivity index (χ2n) is 7.12. The van der Waals surface area contributed by atoms with Crippen molar-refractivity contribution < 1.29 is 5.11 Å². The van der Waals surface area contributed by atoms with E-state index in [9.17, 15) is 5.11 Å². The number of rotatable bonds is 4. The van der Waals surface area contributed by atoms with Crippen LogP contribution in [0.4, 0.5) is 5.69 Å². The van der Waals surface area contributed by atoms with Crippen molar-refractivity contribution in [3.05, 3.63) is 65.7 Å². The Morgan fingerprint density at radius 1 is 1.00 bits per heavy atom. The first-order chi connectivity index (χ1) is 11.8. The van der Waals surface area contributed by atoms with Gasteiger partial charge in [0.25, 0.3) is 0 Å². The van der Waals surface area contributed by atoms with Crippen LogP contribution in [0, 0.1) is 0 Å². The predicted octanol–water partition coefficient (Wildman–Crippen LogP) is 3.15. The Balaban J connectivity index is 0.00000182. The fraction of sp³-hybridized carbons (Fsp3) is 0.429. The van der Waals surface area contributed by atoms with Crippen molar-refractivity contribution in [1.29, 1.82) is 0 Å². The maximum absolute atomic E-state index is 10.5. The summed E-state index contributed by atoms with van der Waals surface area (Å²) in [5.41, 5.74) is 4.14. The molecule has 3 nitrogen and oxygen atoms in total. The molecule has 1 fully saturated rings. The van der Waals surface area contributed by atoms with Crippen molar-refractivity contribution in [2.75, 3.05) is 31.1 Å². The molecule has 2 unspecified atom stereocenters. The van der Waals surface area contributed by atoms with Crippen LogP contribution in [0.1, 0.15) is 17.5 Å². The highest BCUT2D eigenvalue weighted by atomic mass is 35.5. The fourth-order valence-corrected chi connectivity index (χ4v) is 4.22. The van der Waals surface area contributed by atoms with Crippen molar-refractivity contribution >= 4 is 18.1 Å². The quantitative estimate of drug-likeness (QED) is 0.909. The summed E-state index contributed by atoms with van der Waals surface area (Å²) in [6.45, 7) is 3.96. The third-order valence-electron chi connectivity index (χ3n) is 5.40. The predicted molar refractivity (Wildman–Crippen MR) is 106 cm³/mol. The highest BCUT2D eigenvalue weighted by Crippen LogP contribution is 2.32. The molecule has 0 radical (unpaired) electrons. The Morgan fingerprint density at radius 2 is 1.76 bits per heavy atom. The van der Waals surface area contributed by atoms with Crippen LogP contribution in [-0.4, -0.2) is 48.3 Å². The molecular weight excluding hydrogens is 332 g/mol. The lowest BCUT2D eigenvalue weighted by Crippen LogP contribution is -2.56. The van der Waals surface area contributed by atoms with E-state index in [1.807, 2.05) is 18.2 Å². The topological polar surface area (TPSA) is 26.7 Å². The maximum atomic E-state index is 10.5. The summed E-state index contributed by atoms with van der Waals surface area (Å²) >= 11 is 0. The van der Waals surface area contributed by atoms with Crippen LogP contribution in [0.3, 0.4) is 0 Å². The minimum Gasteiger partial charge on any atom is -0.391 e. The van der Waals surface area contributed by atoms with Gasteiger partial charge in [0.15, 0.2) is 0 Å². The number of aryl methyl sites for hydroxylation is 1. The minimum atomic E-state index is -0.283. The Hall–Kier alpha value is -1.55. The number of hydrogen-bond donors (Lipinski definition) is 1. The molecule has 4 rings (SSSR count). The van der Waals surface area contributed by atoms with Crippen LogP contribution in [0.5, 0.6) is 0 Å². The summed E-state index contributed by atoms with van der Waals surface area (Å²) in [6, 6.07) is 19.7. The smallest absolute Gasteiger partial charge is 0.0707 e. The number of fused-ring (bicyclic) bond motifs is 3. The SMILES string of the molecule is Cl.OC(Cc1ccccc1)CN1CCN2c3ccccc3CCC2C1. The number of hydrogen-bond acceptors (Lipinski definition) is 3. The maximum Gasteiger partial charge on any atom is 0.0707 e. The molecule has 0 amide bonds. The molecule has 134 valence electrons. The lowest BCUT2D eigenvalue weighted by molar-refractivity contribution is 0.0987. The molecule has 1 N–H and O–H groups in total. The summed E-state index contributed by atoms with van der Waals surface area (Å²) in [6.07, 6.45) is 2.86. The second kappa shape index (κ2) is 8.22. The van der Waals surface area contributed by atoms with Gasteiger partial charge in [0.1, 0.15) is 0 Å². The number of benzene rings is 2. The van der Waals surface area contributed by atoms with Gasteiger partial charge in [-0.3, -0.25) is 4.90 Å². The van der Waals surface area contributed by atoms with Crippen molar-refractivity contribution in [2.24, 2.45) is 0 Å². The average Bonchev–Trinajstić information content (AvgIpc) is 2.62. The molecular formula is C21H27ClN2O. The van der Waals surface area contributed by atoms with Gasteiger partial charge in [0.2, 0.25) is 0 Å². The van der Waals surface area contributed by atoms with E-state index in [1.54, 1.807) is 0 Å². The van der Waals surface area contributed by atoms with Crippen LogP contribution in [-0.2, 0) is 12.8 Å². The first kappa shape index (κ1) is 18.2. The van der Waals surface area contributed by atoms with Crippen molar-refractivity contribution in [2.45, 2.75) is 31.4 Å². The summed E-state index contributed by atoms with van der Waals surface area (Å²) in [5, 5.41) is 10.5. The van der Waals surface area contributed by atoms with Gasteiger partial charge in [-0.15, -0.1) is 12.4 Å². The molecule has 2 aliphatic heterocycles. The lowest BCUT2D eigenvalue weighted by Gasteiger charge is -2.46. The zero-order valence-electron chi connectivity index (χ0n) is 14.6. The zero-order valence-corrected chi connectivity index (χ0v) is 15.4. The Labute approximate surface area is 156 Å². The summed E-state index contributed by atoms with van der Waals surface area (Å²) in [5.74, 6) is 0. The summed E-state index contributed by atoms with van der Waals surface area (Å²) < 4.78 is 0. The molecule has 0 saturated carbocycles. The number of para-hydroxylation sites is 1. The van der Waals surface area contributed by atoms with Gasteiger partial charge < -0.3 is 10.0 Å². The molecule has 0 aliphatic carbocycles. The summed E-state index contributed by atoms with van der Waals surface area (Å²) in [7, 11) is 0. The van der Waals surface area contributed by atoms with E-state index in [-0.39, 0.29) is 18.5 Å². The first-order valence-electron chi connectivity index (χ1n) is 9.08. The van der Waals surface area contributed by atoms with Crippen molar-refractivity contribution in [3.63, 3.8) is 0 Å². The van der Waals surface area contributed by atoms with E-state index in [4.69, 9.17) is 0 Å². The van der Waals surface area contributed by atoms with Crippen LogP contribution in [0.25, 0.3) is 0 Å².